The monoisotopic (exact) mass is 270 g/mol. The summed E-state index contributed by atoms with van der Waals surface area (Å²) >= 11 is 0. The molecule has 0 bridgehead atoms. The highest BCUT2D eigenvalue weighted by Gasteiger charge is 2.13. The smallest absolute Gasteiger partial charge is 0.258 e. The van der Waals surface area contributed by atoms with E-state index in [0.29, 0.717) is 11.4 Å². The third-order valence-electron chi connectivity index (χ3n) is 2.69. The van der Waals surface area contributed by atoms with E-state index in [1.54, 1.807) is 29.2 Å². The molecule has 0 fully saturated rings. The first kappa shape index (κ1) is 13.7. The molecule has 2 rings (SSSR count). The van der Waals surface area contributed by atoms with E-state index in [1.165, 1.54) is 12.1 Å². The van der Waals surface area contributed by atoms with Crippen molar-refractivity contribution < 1.29 is 4.92 Å². The maximum atomic E-state index is 10.9. The zero-order valence-corrected chi connectivity index (χ0v) is 11.3. The summed E-state index contributed by atoms with van der Waals surface area (Å²) in [5.41, 5.74) is 1.37. The minimum atomic E-state index is -0.430. The molecule has 0 atom stereocenters. The van der Waals surface area contributed by atoms with Crippen molar-refractivity contribution in [2.45, 2.75) is 13.8 Å². The maximum Gasteiger partial charge on any atom is 0.271 e. The molecule has 0 amide bonds. The zero-order chi connectivity index (χ0) is 14.7. The summed E-state index contributed by atoms with van der Waals surface area (Å²) in [6.07, 6.45) is 5.07. The number of nitro groups is 1. The lowest BCUT2D eigenvalue weighted by atomic mass is 10.2. The molecule has 0 aliphatic carbocycles. The van der Waals surface area contributed by atoms with Crippen LogP contribution in [-0.4, -0.2) is 20.5 Å². The highest BCUT2D eigenvalue weighted by atomic mass is 16.6. The van der Waals surface area contributed by atoms with Crippen molar-refractivity contribution in [2.75, 3.05) is 0 Å². The van der Waals surface area contributed by atoms with Crippen molar-refractivity contribution in [1.29, 1.82) is 0 Å². The van der Waals surface area contributed by atoms with Gasteiger partial charge in [-0.1, -0.05) is 12.7 Å². The first-order valence-corrected chi connectivity index (χ1v) is 6.02. The fourth-order valence-corrected chi connectivity index (χ4v) is 1.78. The molecule has 0 unspecified atom stereocenters. The van der Waals surface area contributed by atoms with Crippen LogP contribution in [0.1, 0.15) is 13.8 Å². The zero-order valence-electron chi connectivity index (χ0n) is 11.3. The summed E-state index contributed by atoms with van der Waals surface area (Å²) in [5.74, 6) is 0.554. The first-order valence-electron chi connectivity index (χ1n) is 6.02. The molecule has 20 heavy (non-hydrogen) atoms. The normalized spacial score (nSPS) is 12.2. The third-order valence-corrected chi connectivity index (χ3v) is 2.69. The van der Waals surface area contributed by atoms with E-state index in [4.69, 9.17) is 0 Å². The summed E-state index contributed by atoms with van der Waals surface area (Å²) in [6.45, 7) is 7.53. The van der Waals surface area contributed by atoms with Crippen LogP contribution in [0.4, 0.5) is 5.69 Å². The SMILES string of the molecule is C=C(C)C(=N/C=C\C)n1ncc2ccc([N+](=O)[O-])cc21. The van der Waals surface area contributed by atoms with Crippen LogP contribution in [0.25, 0.3) is 10.9 Å². The average Bonchev–Trinajstić information content (AvgIpc) is 2.82. The number of nitro benzene ring substituents is 1. The number of rotatable bonds is 3. The molecule has 1 aromatic carbocycles. The van der Waals surface area contributed by atoms with E-state index < -0.39 is 4.92 Å². The van der Waals surface area contributed by atoms with Gasteiger partial charge in [-0.05, 0) is 25.5 Å². The topological polar surface area (TPSA) is 73.3 Å². The minimum Gasteiger partial charge on any atom is -0.258 e. The molecule has 6 heteroatoms. The Balaban J connectivity index is 2.66. The van der Waals surface area contributed by atoms with E-state index in [-0.39, 0.29) is 5.69 Å². The van der Waals surface area contributed by atoms with Crippen molar-refractivity contribution in [3.63, 3.8) is 0 Å². The Kier molecular flexibility index (Phi) is 3.74. The number of hydrogen-bond donors (Lipinski definition) is 0. The highest BCUT2D eigenvalue weighted by Crippen LogP contribution is 2.21. The Hall–Kier alpha value is -2.76. The van der Waals surface area contributed by atoms with Gasteiger partial charge in [0.15, 0.2) is 5.84 Å². The van der Waals surface area contributed by atoms with Gasteiger partial charge < -0.3 is 0 Å². The molecule has 2 aromatic rings. The number of non-ortho nitro benzene ring substituents is 1. The van der Waals surface area contributed by atoms with Gasteiger partial charge in [-0.15, -0.1) is 0 Å². The van der Waals surface area contributed by atoms with Gasteiger partial charge in [0.05, 0.1) is 16.6 Å². The van der Waals surface area contributed by atoms with Gasteiger partial charge in [-0.25, -0.2) is 9.67 Å². The largest absolute Gasteiger partial charge is 0.271 e. The number of hydrogen-bond acceptors (Lipinski definition) is 4. The molecule has 0 radical (unpaired) electrons. The average molecular weight is 270 g/mol. The quantitative estimate of drug-likeness (QED) is 0.372. The van der Waals surface area contributed by atoms with Crippen LogP contribution >= 0.6 is 0 Å². The predicted molar refractivity (Wildman–Crippen MR) is 78.8 cm³/mol. The Labute approximate surface area is 115 Å². The van der Waals surface area contributed by atoms with Gasteiger partial charge in [0.25, 0.3) is 5.69 Å². The van der Waals surface area contributed by atoms with Gasteiger partial charge >= 0.3 is 0 Å². The van der Waals surface area contributed by atoms with Crippen molar-refractivity contribution in [3.8, 4) is 0 Å². The molecule has 0 aliphatic heterocycles. The van der Waals surface area contributed by atoms with Crippen molar-refractivity contribution in [1.82, 2.24) is 9.78 Å². The second kappa shape index (κ2) is 5.48. The van der Waals surface area contributed by atoms with Crippen molar-refractivity contribution >= 4 is 22.4 Å². The number of aliphatic imine (C=N–C) groups is 1. The fourth-order valence-electron chi connectivity index (χ4n) is 1.78. The predicted octanol–water partition coefficient (Wildman–Crippen LogP) is 3.30. The summed E-state index contributed by atoms with van der Waals surface area (Å²) < 4.78 is 1.56. The fraction of sp³-hybridized carbons (Fsp3) is 0.143. The summed E-state index contributed by atoms with van der Waals surface area (Å²) in [7, 11) is 0. The molecule has 102 valence electrons. The van der Waals surface area contributed by atoms with Crippen LogP contribution in [0.5, 0.6) is 0 Å². The minimum absolute atomic E-state index is 0.0198. The Morgan fingerprint density at radius 2 is 2.30 bits per heavy atom. The number of allylic oxidation sites excluding steroid dienone is 2. The Morgan fingerprint density at radius 3 is 2.90 bits per heavy atom. The van der Waals surface area contributed by atoms with Gasteiger partial charge in [-0.2, -0.15) is 5.10 Å². The van der Waals surface area contributed by atoms with E-state index in [1.807, 2.05) is 13.8 Å². The molecule has 0 N–H and O–H groups in total. The molecule has 6 nitrogen and oxygen atoms in total. The van der Waals surface area contributed by atoms with Crippen LogP contribution in [0, 0.1) is 10.1 Å². The van der Waals surface area contributed by atoms with Crippen LogP contribution in [-0.2, 0) is 0 Å². The lowest BCUT2D eigenvalue weighted by Crippen LogP contribution is -2.14. The van der Waals surface area contributed by atoms with Gasteiger partial charge in [-0.3, -0.25) is 10.1 Å². The van der Waals surface area contributed by atoms with E-state index in [0.717, 1.165) is 11.0 Å². The summed E-state index contributed by atoms with van der Waals surface area (Å²) in [4.78, 5) is 14.7. The molecule has 0 spiro atoms. The molecule has 1 heterocycles. The number of aromatic nitrogens is 2. The van der Waals surface area contributed by atoms with E-state index in [2.05, 4.69) is 16.7 Å². The second-order valence-electron chi connectivity index (χ2n) is 4.27. The Bertz CT molecular complexity index is 741. The van der Waals surface area contributed by atoms with Gasteiger partial charge in [0.2, 0.25) is 0 Å². The van der Waals surface area contributed by atoms with Crippen LogP contribution in [0.15, 0.2) is 53.8 Å². The van der Waals surface area contributed by atoms with Crippen molar-refractivity contribution in [3.05, 3.63) is 58.9 Å². The lowest BCUT2D eigenvalue weighted by molar-refractivity contribution is -0.384. The lowest BCUT2D eigenvalue weighted by Gasteiger charge is -2.06. The van der Waals surface area contributed by atoms with E-state index in [9.17, 15) is 10.1 Å². The molecular weight excluding hydrogens is 256 g/mol. The molecule has 0 saturated carbocycles. The highest BCUT2D eigenvalue weighted by molar-refractivity contribution is 6.03. The van der Waals surface area contributed by atoms with Crippen LogP contribution in [0.2, 0.25) is 0 Å². The van der Waals surface area contributed by atoms with Gasteiger partial charge in [0.1, 0.15) is 0 Å². The van der Waals surface area contributed by atoms with Crippen LogP contribution < -0.4 is 0 Å². The molecule has 0 saturated heterocycles. The van der Waals surface area contributed by atoms with Gasteiger partial charge in [0, 0.05) is 23.7 Å². The molecule has 1 aromatic heterocycles. The second-order valence-corrected chi connectivity index (χ2v) is 4.27. The van der Waals surface area contributed by atoms with Crippen molar-refractivity contribution in [2.24, 2.45) is 4.99 Å². The number of fused-ring (bicyclic) bond motifs is 1. The third kappa shape index (κ3) is 2.49. The summed E-state index contributed by atoms with van der Waals surface area (Å²) in [5, 5.41) is 15.9. The van der Waals surface area contributed by atoms with Crippen LogP contribution in [0.3, 0.4) is 0 Å². The summed E-state index contributed by atoms with van der Waals surface area (Å²) in [6, 6.07) is 4.61. The molecular formula is C14H14N4O2. The number of nitrogens with zero attached hydrogens (tertiary/aromatic N) is 4. The maximum absolute atomic E-state index is 10.9. The standard InChI is InChI=1S/C14H14N4O2/c1-4-7-15-14(10(2)3)17-13-8-12(18(19)20)6-5-11(13)9-16-17/h4-9H,2H2,1,3H3/b7-4-,15-14?. The first-order chi connectivity index (χ1) is 9.54. The Morgan fingerprint density at radius 1 is 1.55 bits per heavy atom. The number of benzene rings is 1. The molecule has 0 aliphatic rings. The van der Waals surface area contributed by atoms with E-state index >= 15 is 0 Å².